The van der Waals surface area contributed by atoms with E-state index in [-0.39, 0.29) is 10.9 Å². The predicted octanol–water partition coefficient (Wildman–Crippen LogP) is 3.86. The molecule has 1 nitrogen and oxygen atoms in total. The molecule has 0 N–H and O–H groups in total. The molecular weight excluding hydrogens is 203 g/mol. The van der Waals surface area contributed by atoms with Crippen LogP contribution >= 0.6 is 9.24 Å². The van der Waals surface area contributed by atoms with Crippen LogP contribution in [0.15, 0.2) is 22.8 Å². The van der Waals surface area contributed by atoms with Crippen molar-refractivity contribution in [2.24, 2.45) is 5.41 Å². The average Bonchev–Trinajstić information content (AvgIpc) is 2.10. The maximum atomic E-state index is 11.2. The Morgan fingerprint density at radius 3 is 2.53 bits per heavy atom. The molecule has 0 spiro atoms. The lowest BCUT2D eigenvalue weighted by molar-refractivity contribution is -0.107. The maximum Gasteiger partial charge on any atom is 0.173 e. The van der Waals surface area contributed by atoms with Crippen LogP contribution in [-0.2, 0) is 4.79 Å². The van der Waals surface area contributed by atoms with Crippen molar-refractivity contribution in [2.45, 2.75) is 47.0 Å². The molecule has 0 aromatic rings. The highest BCUT2D eigenvalue weighted by atomic mass is 31.0. The summed E-state index contributed by atoms with van der Waals surface area (Å²) < 4.78 is 0. The fraction of sp³-hybridized carbons (Fsp3) is 0.615. The molecule has 0 fully saturated rings. The van der Waals surface area contributed by atoms with Crippen LogP contribution in [-0.4, -0.2) is 5.52 Å². The normalized spacial score (nSPS) is 21.8. The minimum Gasteiger partial charge on any atom is -0.290 e. The summed E-state index contributed by atoms with van der Waals surface area (Å²) in [6.07, 6.45) is 5.73. The third kappa shape index (κ3) is 3.01. The number of rotatable bonds is 2. The molecule has 1 rings (SSSR count). The molecule has 1 atom stereocenters. The summed E-state index contributed by atoms with van der Waals surface area (Å²) in [6.45, 7) is 8.61. The van der Waals surface area contributed by atoms with Gasteiger partial charge in [0.1, 0.15) is 0 Å². The van der Waals surface area contributed by atoms with E-state index in [0.29, 0.717) is 0 Å². The van der Waals surface area contributed by atoms with E-state index in [2.05, 4.69) is 36.1 Å². The summed E-state index contributed by atoms with van der Waals surface area (Å²) in [7, 11) is 2.24. The molecule has 1 unspecified atom stereocenters. The summed E-state index contributed by atoms with van der Waals surface area (Å²) in [5.41, 5.74) is 3.96. The van der Waals surface area contributed by atoms with Crippen LogP contribution < -0.4 is 0 Å². The van der Waals surface area contributed by atoms with Crippen LogP contribution in [0.1, 0.15) is 47.0 Å². The van der Waals surface area contributed by atoms with E-state index in [4.69, 9.17) is 0 Å². The van der Waals surface area contributed by atoms with Crippen molar-refractivity contribution in [3.05, 3.63) is 22.8 Å². The molecule has 0 radical (unpaired) electrons. The number of carbonyl (C=O) groups excluding carboxylic acids is 1. The van der Waals surface area contributed by atoms with Gasteiger partial charge in [-0.3, -0.25) is 4.79 Å². The molecule has 1 aliphatic carbocycles. The lowest BCUT2D eigenvalue weighted by Gasteiger charge is -2.33. The molecular formula is C13H21OP. The van der Waals surface area contributed by atoms with Crippen molar-refractivity contribution >= 4 is 14.8 Å². The molecule has 2 heteroatoms. The van der Waals surface area contributed by atoms with E-state index in [1.165, 1.54) is 30.4 Å². The number of hydrogen-bond donors (Lipinski definition) is 0. The topological polar surface area (TPSA) is 17.1 Å². The van der Waals surface area contributed by atoms with Crippen molar-refractivity contribution in [3.8, 4) is 0 Å². The minimum atomic E-state index is 0.0941. The van der Waals surface area contributed by atoms with Gasteiger partial charge < -0.3 is 0 Å². The monoisotopic (exact) mass is 224 g/mol. The molecule has 0 aromatic heterocycles. The van der Waals surface area contributed by atoms with Gasteiger partial charge in [-0.1, -0.05) is 34.7 Å². The Bertz CT molecular complexity index is 334. The van der Waals surface area contributed by atoms with Gasteiger partial charge in [-0.2, -0.15) is 0 Å². The Hall–Kier alpha value is -0.420. The molecule has 15 heavy (non-hydrogen) atoms. The van der Waals surface area contributed by atoms with Crippen LogP contribution in [0, 0.1) is 5.41 Å². The lowest BCUT2D eigenvalue weighted by atomic mass is 9.72. The van der Waals surface area contributed by atoms with E-state index in [1.54, 1.807) is 0 Å². The molecule has 0 bridgehead atoms. The van der Waals surface area contributed by atoms with E-state index >= 15 is 0 Å². The zero-order valence-electron chi connectivity index (χ0n) is 10.2. The first-order chi connectivity index (χ1) is 6.84. The van der Waals surface area contributed by atoms with Crippen molar-refractivity contribution < 1.29 is 4.79 Å². The predicted molar refractivity (Wildman–Crippen MR) is 68.8 cm³/mol. The van der Waals surface area contributed by atoms with E-state index < -0.39 is 0 Å². The van der Waals surface area contributed by atoms with Crippen LogP contribution in [0.2, 0.25) is 0 Å². The highest BCUT2D eigenvalue weighted by Crippen LogP contribution is 2.41. The number of carbonyl (C=O) groups is 1. The molecule has 0 saturated carbocycles. The Balaban J connectivity index is 3.10. The smallest absolute Gasteiger partial charge is 0.173 e. The van der Waals surface area contributed by atoms with Crippen molar-refractivity contribution in [2.75, 3.05) is 0 Å². The second kappa shape index (κ2) is 4.61. The third-order valence-electron chi connectivity index (χ3n) is 3.29. The molecule has 84 valence electrons. The van der Waals surface area contributed by atoms with Gasteiger partial charge in [0.05, 0.1) is 0 Å². The number of allylic oxidation sites excluding steroid dienone is 4. The van der Waals surface area contributed by atoms with Crippen LogP contribution in [0.25, 0.3) is 0 Å². The van der Waals surface area contributed by atoms with E-state index in [1.807, 2.05) is 6.92 Å². The molecule has 0 amide bonds. The van der Waals surface area contributed by atoms with Gasteiger partial charge in [-0.15, -0.1) is 0 Å². The lowest BCUT2D eigenvalue weighted by Crippen LogP contribution is -2.19. The van der Waals surface area contributed by atoms with Gasteiger partial charge in [0.2, 0.25) is 0 Å². The summed E-state index contributed by atoms with van der Waals surface area (Å²) >= 11 is 0. The van der Waals surface area contributed by atoms with Gasteiger partial charge >= 0.3 is 0 Å². The molecule has 0 heterocycles. The van der Waals surface area contributed by atoms with Gasteiger partial charge in [0.15, 0.2) is 5.52 Å². The Morgan fingerprint density at radius 2 is 2.07 bits per heavy atom. The zero-order valence-corrected chi connectivity index (χ0v) is 11.3. The summed E-state index contributed by atoms with van der Waals surface area (Å²) in [5, 5.41) is 0. The van der Waals surface area contributed by atoms with E-state index in [9.17, 15) is 4.79 Å². The highest BCUT2D eigenvalue weighted by Gasteiger charge is 2.27. The first kappa shape index (κ1) is 12.6. The molecule has 0 aliphatic heterocycles. The van der Waals surface area contributed by atoms with E-state index in [0.717, 1.165) is 5.57 Å². The average molecular weight is 224 g/mol. The quantitative estimate of drug-likeness (QED) is 0.514. The van der Waals surface area contributed by atoms with Crippen LogP contribution in [0.3, 0.4) is 0 Å². The second-order valence-corrected chi connectivity index (χ2v) is 5.65. The Morgan fingerprint density at radius 1 is 1.47 bits per heavy atom. The van der Waals surface area contributed by atoms with Crippen molar-refractivity contribution in [1.82, 2.24) is 0 Å². The fourth-order valence-electron chi connectivity index (χ4n) is 2.25. The first-order valence-corrected chi connectivity index (χ1v) is 6.10. The largest absolute Gasteiger partial charge is 0.290 e. The molecule has 0 aromatic carbocycles. The first-order valence-electron chi connectivity index (χ1n) is 5.53. The minimum absolute atomic E-state index is 0.0941. The fourth-order valence-corrected chi connectivity index (χ4v) is 2.33. The van der Waals surface area contributed by atoms with Gasteiger partial charge in [-0.05, 0) is 49.7 Å². The molecule has 0 saturated heterocycles. The summed E-state index contributed by atoms with van der Waals surface area (Å²) in [5.74, 6) is 0. The summed E-state index contributed by atoms with van der Waals surface area (Å²) in [6, 6.07) is 0. The van der Waals surface area contributed by atoms with Crippen molar-refractivity contribution in [3.63, 3.8) is 0 Å². The second-order valence-electron chi connectivity index (χ2n) is 5.12. The van der Waals surface area contributed by atoms with Crippen LogP contribution in [0.4, 0.5) is 0 Å². The maximum absolute atomic E-state index is 11.2. The zero-order chi connectivity index (χ0) is 11.6. The molecule has 1 aliphatic rings. The Kier molecular flexibility index (Phi) is 3.89. The number of hydrogen-bond acceptors (Lipinski definition) is 1. The standard InChI is InChI=1S/C13H21OP/c1-9-6-5-7-13(3,4)11(9)8-10(2)12(14)15/h8H,5-7,15H2,1-4H3. The van der Waals surface area contributed by atoms with Crippen LogP contribution in [0.5, 0.6) is 0 Å². The Labute approximate surface area is 95.2 Å². The van der Waals surface area contributed by atoms with Gasteiger partial charge in [0, 0.05) is 0 Å². The van der Waals surface area contributed by atoms with Gasteiger partial charge in [-0.25, -0.2) is 0 Å². The van der Waals surface area contributed by atoms with Crippen molar-refractivity contribution in [1.29, 1.82) is 0 Å². The summed E-state index contributed by atoms with van der Waals surface area (Å²) in [4.78, 5) is 11.2. The highest BCUT2D eigenvalue weighted by molar-refractivity contribution is 7.41. The third-order valence-corrected chi connectivity index (χ3v) is 3.75. The van der Waals surface area contributed by atoms with Gasteiger partial charge in [0.25, 0.3) is 0 Å². The SMILES string of the molecule is CC(=CC1=C(C)CCCC1(C)C)C(=O)P.